The summed E-state index contributed by atoms with van der Waals surface area (Å²) < 4.78 is 1.75. The molecular formula is C17H16NO+. The van der Waals surface area contributed by atoms with Crippen molar-refractivity contribution in [3.05, 3.63) is 72.1 Å². The highest BCUT2D eigenvalue weighted by Gasteiger charge is 2.09. The summed E-state index contributed by atoms with van der Waals surface area (Å²) in [6.07, 6.45) is 3.93. The number of rotatable bonds is 2. The van der Waals surface area contributed by atoms with Crippen LogP contribution in [-0.2, 0) is 0 Å². The molecule has 0 saturated heterocycles. The highest BCUT2D eigenvalue weighted by atomic mass is 16.7. The first-order chi connectivity index (χ1) is 9.24. The first kappa shape index (κ1) is 11.7. The summed E-state index contributed by atoms with van der Waals surface area (Å²) >= 11 is 0. The molecule has 1 heterocycles. The smallest absolute Gasteiger partial charge is 0.230 e. The monoisotopic (exact) mass is 250 g/mol. The minimum atomic E-state index is 0.889. The molecule has 3 rings (SSSR count). The van der Waals surface area contributed by atoms with Crippen molar-refractivity contribution in [1.82, 2.24) is 0 Å². The third-order valence-corrected chi connectivity index (χ3v) is 3.42. The maximum atomic E-state index is 5.91. The van der Waals surface area contributed by atoms with Gasteiger partial charge in [-0.3, -0.25) is 0 Å². The summed E-state index contributed by atoms with van der Waals surface area (Å²) in [6.45, 7) is 4.17. The predicted octanol–water partition coefficient (Wildman–Crippen LogP) is 3.59. The van der Waals surface area contributed by atoms with Gasteiger partial charge in [-0.1, -0.05) is 30.3 Å². The summed E-state index contributed by atoms with van der Waals surface area (Å²) in [7, 11) is 0. The van der Waals surface area contributed by atoms with Crippen LogP contribution in [0.4, 0.5) is 0 Å². The molecule has 0 atom stereocenters. The van der Waals surface area contributed by atoms with Crippen molar-refractivity contribution in [1.29, 1.82) is 0 Å². The molecule has 1 aromatic heterocycles. The van der Waals surface area contributed by atoms with E-state index in [0.717, 1.165) is 11.1 Å². The topological polar surface area (TPSA) is 13.1 Å². The van der Waals surface area contributed by atoms with Crippen LogP contribution in [0.25, 0.3) is 10.8 Å². The fourth-order valence-electron chi connectivity index (χ4n) is 2.11. The Hall–Kier alpha value is -2.35. The molecule has 0 radical (unpaired) electrons. The van der Waals surface area contributed by atoms with E-state index in [1.54, 1.807) is 4.73 Å². The van der Waals surface area contributed by atoms with Gasteiger partial charge < -0.3 is 0 Å². The molecule has 0 aliphatic rings. The molecular weight excluding hydrogens is 234 g/mol. The molecule has 0 N–H and O–H groups in total. The normalized spacial score (nSPS) is 10.6. The SMILES string of the molecule is Cc1cccc(O[n+]2ccc3ccccc3c2)c1C. The van der Waals surface area contributed by atoms with Gasteiger partial charge in [-0.15, -0.1) is 0 Å². The molecule has 0 amide bonds. The largest absolute Gasteiger partial charge is 0.231 e. The van der Waals surface area contributed by atoms with Crippen molar-refractivity contribution in [3.8, 4) is 5.75 Å². The summed E-state index contributed by atoms with van der Waals surface area (Å²) in [4.78, 5) is 5.91. The van der Waals surface area contributed by atoms with Gasteiger partial charge in [-0.05, 0) is 36.9 Å². The summed E-state index contributed by atoms with van der Waals surface area (Å²) in [5.74, 6) is 0.889. The van der Waals surface area contributed by atoms with Gasteiger partial charge >= 0.3 is 0 Å². The number of hydrogen-bond donors (Lipinski definition) is 0. The van der Waals surface area contributed by atoms with E-state index in [-0.39, 0.29) is 0 Å². The lowest BCUT2D eigenvalue weighted by Gasteiger charge is -2.04. The zero-order valence-electron chi connectivity index (χ0n) is 11.1. The van der Waals surface area contributed by atoms with Crippen molar-refractivity contribution in [3.63, 3.8) is 0 Å². The van der Waals surface area contributed by atoms with Gasteiger partial charge in [-0.25, -0.2) is 4.84 Å². The van der Waals surface area contributed by atoms with Gasteiger partial charge in [0, 0.05) is 16.4 Å². The van der Waals surface area contributed by atoms with Gasteiger partial charge in [-0.2, -0.15) is 0 Å². The van der Waals surface area contributed by atoms with Gasteiger partial charge in [0.2, 0.25) is 18.1 Å². The summed E-state index contributed by atoms with van der Waals surface area (Å²) in [5, 5.41) is 2.37. The number of nitrogens with zero attached hydrogens (tertiary/aromatic N) is 1. The van der Waals surface area contributed by atoms with Gasteiger partial charge in [0.25, 0.3) is 0 Å². The Labute approximate surface area is 112 Å². The van der Waals surface area contributed by atoms with Crippen LogP contribution in [0, 0.1) is 13.8 Å². The Morgan fingerprint density at radius 2 is 1.63 bits per heavy atom. The van der Waals surface area contributed by atoms with Crippen molar-refractivity contribution < 1.29 is 9.57 Å². The van der Waals surface area contributed by atoms with Crippen LogP contribution in [0.2, 0.25) is 0 Å². The maximum Gasteiger partial charge on any atom is 0.230 e. The lowest BCUT2D eigenvalue weighted by atomic mass is 10.1. The van der Waals surface area contributed by atoms with E-state index in [2.05, 4.69) is 38.1 Å². The van der Waals surface area contributed by atoms with Gasteiger partial charge in [0.15, 0.2) is 0 Å². The lowest BCUT2D eigenvalue weighted by molar-refractivity contribution is -0.874. The van der Waals surface area contributed by atoms with E-state index >= 15 is 0 Å². The Kier molecular flexibility index (Phi) is 2.92. The van der Waals surface area contributed by atoms with Crippen LogP contribution in [-0.4, -0.2) is 0 Å². The Morgan fingerprint density at radius 1 is 0.842 bits per heavy atom. The molecule has 2 aromatic carbocycles. The maximum absolute atomic E-state index is 5.91. The van der Waals surface area contributed by atoms with Crippen molar-refractivity contribution in [2.45, 2.75) is 13.8 Å². The second-order valence-corrected chi connectivity index (χ2v) is 4.72. The number of aromatic nitrogens is 1. The lowest BCUT2D eigenvalue weighted by Crippen LogP contribution is -2.38. The molecule has 0 unspecified atom stereocenters. The van der Waals surface area contributed by atoms with Crippen molar-refractivity contribution in [2.24, 2.45) is 0 Å². The van der Waals surface area contributed by atoms with Crippen LogP contribution in [0.15, 0.2) is 60.9 Å². The first-order valence-corrected chi connectivity index (χ1v) is 6.39. The predicted molar refractivity (Wildman–Crippen MR) is 76.1 cm³/mol. The Morgan fingerprint density at radius 3 is 2.47 bits per heavy atom. The quantitative estimate of drug-likeness (QED) is 0.633. The second kappa shape index (κ2) is 4.73. The minimum absolute atomic E-state index is 0.889. The molecule has 19 heavy (non-hydrogen) atoms. The first-order valence-electron chi connectivity index (χ1n) is 6.39. The summed E-state index contributed by atoms with van der Waals surface area (Å²) in [6, 6.07) is 16.4. The molecule has 3 aromatic rings. The van der Waals surface area contributed by atoms with Crippen LogP contribution < -0.4 is 9.57 Å². The molecule has 0 spiro atoms. The van der Waals surface area contributed by atoms with E-state index in [1.807, 2.05) is 36.7 Å². The van der Waals surface area contributed by atoms with E-state index in [0.29, 0.717) is 0 Å². The fourth-order valence-corrected chi connectivity index (χ4v) is 2.11. The van der Waals surface area contributed by atoms with Crippen LogP contribution in [0.3, 0.4) is 0 Å². The number of fused-ring (bicyclic) bond motifs is 1. The number of aryl methyl sites for hydroxylation is 1. The average molecular weight is 250 g/mol. The average Bonchev–Trinajstić information content (AvgIpc) is 2.44. The molecule has 0 saturated carbocycles. The molecule has 0 aliphatic heterocycles. The standard InChI is InChI=1S/C17H16NO/c1-13-6-5-9-17(14(13)2)19-18-11-10-15-7-3-4-8-16(15)12-18/h3-12H,1-2H3/q+1. The van der Waals surface area contributed by atoms with E-state index in [1.165, 1.54) is 16.5 Å². The number of benzene rings is 2. The van der Waals surface area contributed by atoms with Crippen LogP contribution in [0.5, 0.6) is 5.75 Å². The van der Waals surface area contributed by atoms with Crippen LogP contribution in [0.1, 0.15) is 11.1 Å². The minimum Gasteiger partial charge on any atom is -0.231 e. The zero-order valence-corrected chi connectivity index (χ0v) is 11.1. The molecule has 94 valence electrons. The van der Waals surface area contributed by atoms with E-state index in [4.69, 9.17) is 4.84 Å². The Bertz CT molecular complexity index is 734. The third kappa shape index (κ3) is 2.29. The molecule has 0 fully saturated rings. The molecule has 2 nitrogen and oxygen atoms in total. The second-order valence-electron chi connectivity index (χ2n) is 4.72. The van der Waals surface area contributed by atoms with Gasteiger partial charge in [0.05, 0.1) is 5.39 Å². The van der Waals surface area contributed by atoms with Gasteiger partial charge in [0.1, 0.15) is 0 Å². The highest BCUT2D eigenvalue weighted by molar-refractivity contribution is 5.80. The zero-order chi connectivity index (χ0) is 13.2. The highest BCUT2D eigenvalue weighted by Crippen LogP contribution is 2.19. The molecule has 0 aliphatic carbocycles. The van der Waals surface area contributed by atoms with Crippen LogP contribution >= 0.6 is 0 Å². The number of hydrogen-bond acceptors (Lipinski definition) is 1. The Balaban J connectivity index is 1.99. The van der Waals surface area contributed by atoms with Crippen molar-refractivity contribution >= 4 is 10.8 Å². The molecule has 0 bridgehead atoms. The fraction of sp³-hybridized carbons (Fsp3) is 0.118. The molecule has 2 heteroatoms. The van der Waals surface area contributed by atoms with E-state index in [9.17, 15) is 0 Å². The third-order valence-electron chi connectivity index (χ3n) is 3.42. The summed E-state index contributed by atoms with van der Waals surface area (Å²) in [5.41, 5.74) is 2.40. The van der Waals surface area contributed by atoms with E-state index < -0.39 is 0 Å². The van der Waals surface area contributed by atoms with Crippen molar-refractivity contribution in [2.75, 3.05) is 0 Å². The number of pyridine rings is 1.